The molecule has 2 saturated heterocycles. The third-order valence-corrected chi connectivity index (χ3v) is 7.35. The van der Waals surface area contributed by atoms with Gasteiger partial charge in [-0.15, -0.1) is 11.3 Å². The molecule has 2 aliphatic rings. The summed E-state index contributed by atoms with van der Waals surface area (Å²) in [5.74, 6) is -0.0883. The Balaban J connectivity index is 1.64. The third kappa shape index (κ3) is 2.61. The molecule has 0 radical (unpaired) electrons. The molecule has 0 bridgehead atoms. The van der Waals surface area contributed by atoms with Crippen LogP contribution in [0.2, 0.25) is 0 Å². The molecule has 1 atom stereocenters. The van der Waals surface area contributed by atoms with E-state index in [-0.39, 0.29) is 17.3 Å². The van der Waals surface area contributed by atoms with Crippen LogP contribution in [0.4, 0.5) is 0 Å². The zero-order valence-corrected chi connectivity index (χ0v) is 14.9. The average molecular weight is 366 g/mol. The number of fused-ring (bicyclic) bond motifs is 2. The van der Waals surface area contributed by atoms with Gasteiger partial charge in [0.2, 0.25) is 15.9 Å². The molecule has 0 spiro atoms. The molecule has 24 heavy (non-hydrogen) atoms. The minimum absolute atomic E-state index is 0.0883. The van der Waals surface area contributed by atoms with Crippen molar-refractivity contribution in [1.29, 1.82) is 0 Å². The van der Waals surface area contributed by atoms with E-state index in [9.17, 15) is 13.2 Å². The number of nitrogens with zero attached hydrogens (tertiary/aromatic N) is 3. The van der Waals surface area contributed by atoms with Crippen molar-refractivity contribution in [2.75, 3.05) is 32.7 Å². The standard InChI is InChI=1S/C15H18N4O3S2/c1-10-17-12-3-2-11(8-14(12)23-10)24(21,22)19-7-6-18-5-4-16-15(20)13(18)9-19/h2-3,8,13H,4-7,9H2,1H3,(H,16,20)/t13-/m0/s1. The zero-order chi connectivity index (χ0) is 16.9. The molecular formula is C15H18N4O3S2. The number of hydrogen-bond donors (Lipinski definition) is 1. The van der Waals surface area contributed by atoms with E-state index in [2.05, 4.69) is 15.2 Å². The van der Waals surface area contributed by atoms with Gasteiger partial charge in [0.05, 0.1) is 20.1 Å². The van der Waals surface area contributed by atoms with E-state index >= 15 is 0 Å². The number of piperazine rings is 2. The van der Waals surface area contributed by atoms with Crippen LogP contribution in [0.1, 0.15) is 5.01 Å². The number of carbonyl (C=O) groups is 1. The number of rotatable bonds is 2. The minimum Gasteiger partial charge on any atom is -0.353 e. The fourth-order valence-corrected chi connectivity index (χ4v) is 5.71. The fourth-order valence-electron chi connectivity index (χ4n) is 3.30. The van der Waals surface area contributed by atoms with E-state index < -0.39 is 16.1 Å². The van der Waals surface area contributed by atoms with Gasteiger partial charge in [-0.25, -0.2) is 13.4 Å². The molecule has 2 fully saturated rings. The second-order valence-corrected chi connectivity index (χ2v) is 9.24. The summed E-state index contributed by atoms with van der Waals surface area (Å²) in [5.41, 5.74) is 0.813. The first kappa shape index (κ1) is 15.9. The Labute approximate surface area is 144 Å². The normalized spacial score (nSPS) is 23.2. The van der Waals surface area contributed by atoms with Gasteiger partial charge in [-0.2, -0.15) is 4.31 Å². The Morgan fingerprint density at radius 1 is 1.29 bits per heavy atom. The molecule has 0 aliphatic carbocycles. The van der Waals surface area contributed by atoms with Crippen molar-refractivity contribution < 1.29 is 13.2 Å². The number of sulfonamides is 1. The van der Waals surface area contributed by atoms with E-state index in [0.717, 1.165) is 21.8 Å². The van der Waals surface area contributed by atoms with Crippen molar-refractivity contribution in [3.8, 4) is 0 Å². The van der Waals surface area contributed by atoms with Gasteiger partial charge in [-0.3, -0.25) is 9.69 Å². The molecule has 128 valence electrons. The van der Waals surface area contributed by atoms with Crippen LogP contribution in [-0.2, 0) is 14.8 Å². The summed E-state index contributed by atoms with van der Waals surface area (Å²) in [5, 5.41) is 3.72. The van der Waals surface area contributed by atoms with Gasteiger partial charge in [0, 0.05) is 32.7 Å². The molecule has 1 aromatic heterocycles. The summed E-state index contributed by atoms with van der Waals surface area (Å²) in [4.78, 5) is 18.7. The largest absolute Gasteiger partial charge is 0.353 e. The molecule has 0 saturated carbocycles. The van der Waals surface area contributed by atoms with E-state index in [0.29, 0.717) is 19.6 Å². The molecule has 2 aromatic rings. The number of nitrogens with one attached hydrogen (secondary N) is 1. The number of carbonyl (C=O) groups excluding carboxylic acids is 1. The highest BCUT2D eigenvalue weighted by Gasteiger charge is 2.39. The van der Waals surface area contributed by atoms with Crippen LogP contribution >= 0.6 is 11.3 Å². The van der Waals surface area contributed by atoms with Gasteiger partial charge in [-0.1, -0.05) is 0 Å². The lowest BCUT2D eigenvalue weighted by Gasteiger charge is -2.42. The average Bonchev–Trinajstić information content (AvgIpc) is 2.94. The summed E-state index contributed by atoms with van der Waals surface area (Å²) < 4.78 is 28.2. The van der Waals surface area contributed by atoms with Crippen LogP contribution in [0, 0.1) is 6.92 Å². The summed E-state index contributed by atoms with van der Waals surface area (Å²) in [6.07, 6.45) is 0. The number of aryl methyl sites for hydroxylation is 1. The molecule has 3 heterocycles. The van der Waals surface area contributed by atoms with Gasteiger partial charge < -0.3 is 5.32 Å². The Kier molecular flexibility index (Phi) is 3.83. The van der Waals surface area contributed by atoms with Crippen molar-refractivity contribution >= 4 is 37.5 Å². The first-order valence-electron chi connectivity index (χ1n) is 7.84. The maximum Gasteiger partial charge on any atom is 0.243 e. The van der Waals surface area contributed by atoms with Crippen LogP contribution < -0.4 is 5.32 Å². The van der Waals surface area contributed by atoms with Crippen molar-refractivity contribution in [2.24, 2.45) is 0 Å². The highest BCUT2D eigenvalue weighted by atomic mass is 32.2. The minimum atomic E-state index is -3.61. The molecule has 1 amide bonds. The lowest BCUT2D eigenvalue weighted by molar-refractivity contribution is -0.130. The maximum atomic E-state index is 13.0. The van der Waals surface area contributed by atoms with E-state index in [1.165, 1.54) is 15.6 Å². The quantitative estimate of drug-likeness (QED) is 0.832. The number of hydrogen-bond acceptors (Lipinski definition) is 6. The van der Waals surface area contributed by atoms with Crippen LogP contribution in [0.5, 0.6) is 0 Å². The Bertz CT molecular complexity index is 909. The fraction of sp³-hybridized carbons (Fsp3) is 0.467. The molecule has 1 aromatic carbocycles. The van der Waals surface area contributed by atoms with Gasteiger partial charge in [0.15, 0.2) is 0 Å². The van der Waals surface area contributed by atoms with Gasteiger partial charge >= 0.3 is 0 Å². The molecule has 2 aliphatic heterocycles. The number of amides is 1. The highest BCUT2D eigenvalue weighted by Crippen LogP contribution is 2.27. The lowest BCUT2D eigenvalue weighted by Crippen LogP contribution is -2.64. The summed E-state index contributed by atoms with van der Waals surface area (Å²) in [6.45, 7) is 4.50. The third-order valence-electron chi connectivity index (χ3n) is 4.56. The predicted octanol–water partition coefficient (Wildman–Crippen LogP) is 0.409. The summed E-state index contributed by atoms with van der Waals surface area (Å²) in [6, 6.07) is 4.64. The van der Waals surface area contributed by atoms with Crippen molar-refractivity contribution in [1.82, 2.24) is 19.5 Å². The molecule has 9 heteroatoms. The topological polar surface area (TPSA) is 82.6 Å². The van der Waals surface area contributed by atoms with Crippen LogP contribution in [0.25, 0.3) is 10.2 Å². The second-order valence-electron chi connectivity index (χ2n) is 6.07. The first-order valence-corrected chi connectivity index (χ1v) is 10.1. The van der Waals surface area contributed by atoms with E-state index in [1.54, 1.807) is 18.2 Å². The molecule has 4 rings (SSSR count). The Hall–Kier alpha value is -1.55. The Morgan fingerprint density at radius 2 is 2.12 bits per heavy atom. The van der Waals surface area contributed by atoms with Crippen LogP contribution in [0.3, 0.4) is 0 Å². The predicted molar refractivity (Wildman–Crippen MR) is 91.5 cm³/mol. The number of aromatic nitrogens is 1. The zero-order valence-electron chi connectivity index (χ0n) is 13.2. The summed E-state index contributed by atoms with van der Waals surface area (Å²) >= 11 is 1.48. The van der Waals surface area contributed by atoms with E-state index in [1.807, 2.05) is 6.92 Å². The molecule has 1 N–H and O–H groups in total. The SMILES string of the molecule is Cc1nc2ccc(S(=O)(=O)N3CCN4CCNC(=O)[C@@H]4C3)cc2s1. The van der Waals surface area contributed by atoms with Crippen LogP contribution in [-0.4, -0.2) is 67.3 Å². The molecular weight excluding hydrogens is 348 g/mol. The monoisotopic (exact) mass is 366 g/mol. The first-order chi connectivity index (χ1) is 11.4. The van der Waals surface area contributed by atoms with E-state index in [4.69, 9.17) is 0 Å². The maximum absolute atomic E-state index is 13.0. The van der Waals surface area contributed by atoms with Crippen LogP contribution in [0.15, 0.2) is 23.1 Å². The second kappa shape index (κ2) is 5.76. The summed E-state index contributed by atoms with van der Waals surface area (Å²) in [7, 11) is -3.61. The van der Waals surface area contributed by atoms with Gasteiger partial charge in [-0.05, 0) is 25.1 Å². The van der Waals surface area contributed by atoms with Crippen molar-refractivity contribution in [3.05, 3.63) is 23.2 Å². The number of benzene rings is 1. The van der Waals surface area contributed by atoms with Crippen molar-refractivity contribution in [3.63, 3.8) is 0 Å². The molecule has 0 unspecified atom stereocenters. The number of thiazole rings is 1. The smallest absolute Gasteiger partial charge is 0.243 e. The van der Waals surface area contributed by atoms with Crippen molar-refractivity contribution in [2.45, 2.75) is 17.9 Å². The highest BCUT2D eigenvalue weighted by molar-refractivity contribution is 7.89. The molecule has 7 nitrogen and oxygen atoms in total. The van der Waals surface area contributed by atoms with Gasteiger partial charge in [0.25, 0.3) is 0 Å². The Morgan fingerprint density at radius 3 is 2.96 bits per heavy atom. The van der Waals surface area contributed by atoms with Gasteiger partial charge in [0.1, 0.15) is 6.04 Å². The lowest BCUT2D eigenvalue weighted by atomic mass is 10.1.